The highest BCUT2D eigenvalue weighted by Crippen LogP contribution is 2.36. The Morgan fingerprint density at radius 1 is 1.55 bits per heavy atom. The molecule has 6 heteroatoms. The minimum atomic E-state index is -0.588. The van der Waals surface area contributed by atoms with Crippen LogP contribution in [0.4, 0.5) is 0 Å². The van der Waals surface area contributed by atoms with Crippen LogP contribution in [0, 0.1) is 11.8 Å². The van der Waals surface area contributed by atoms with E-state index in [2.05, 4.69) is 16.9 Å². The summed E-state index contributed by atoms with van der Waals surface area (Å²) >= 11 is 6.42. The number of alkyl halides is 1. The van der Waals surface area contributed by atoms with Crippen LogP contribution in [0.5, 0.6) is 0 Å². The van der Waals surface area contributed by atoms with Gasteiger partial charge in [0.15, 0.2) is 0 Å². The van der Waals surface area contributed by atoms with Gasteiger partial charge in [-0.2, -0.15) is 0 Å². The van der Waals surface area contributed by atoms with Gasteiger partial charge in [-0.1, -0.05) is 19.4 Å². The minimum Gasteiger partial charge on any atom is -0.481 e. The molecule has 5 nitrogen and oxygen atoms in total. The molecule has 0 spiro atoms. The molecule has 1 aliphatic heterocycles. The molecule has 1 saturated carbocycles. The summed E-state index contributed by atoms with van der Waals surface area (Å²) < 4.78 is 5.11. The standard InChI is InChI=1S/C14H21ClN2O3/c1-3-20-13(18)11-8(2)16-14(19)17-12(11)9-6-4-5-7-10(9)15/h9-12H,2-7H2,1H3,(H2,16,17,19)/t9?,10?,11-,12-/m1/s1. The lowest BCUT2D eigenvalue weighted by atomic mass is 9.77. The van der Waals surface area contributed by atoms with E-state index in [0.717, 1.165) is 25.7 Å². The molecule has 0 aromatic carbocycles. The first-order valence-corrected chi connectivity index (χ1v) is 7.52. The highest BCUT2D eigenvalue weighted by molar-refractivity contribution is 6.20. The van der Waals surface area contributed by atoms with Crippen molar-refractivity contribution in [2.45, 2.75) is 44.0 Å². The number of aliphatic hydroxyl groups is 1. The highest BCUT2D eigenvalue weighted by atomic mass is 35.5. The number of halogens is 1. The molecule has 0 radical (unpaired) electrons. The molecule has 1 aliphatic carbocycles. The molecule has 2 rings (SSSR count). The predicted molar refractivity (Wildman–Crippen MR) is 77.8 cm³/mol. The number of rotatable bonds is 3. The molecule has 20 heavy (non-hydrogen) atoms. The fourth-order valence-electron chi connectivity index (χ4n) is 3.07. The van der Waals surface area contributed by atoms with Crippen LogP contribution in [-0.4, -0.2) is 35.1 Å². The van der Waals surface area contributed by atoms with Gasteiger partial charge in [-0.15, -0.1) is 11.6 Å². The summed E-state index contributed by atoms with van der Waals surface area (Å²) in [5, 5.41) is 12.6. The van der Waals surface area contributed by atoms with E-state index < -0.39 is 5.92 Å². The van der Waals surface area contributed by atoms with Gasteiger partial charge in [-0.25, -0.2) is 4.99 Å². The van der Waals surface area contributed by atoms with Gasteiger partial charge in [0.1, 0.15) is 5.92 Å². The van der Waals surface area contributed by atoms with Crippen molar-refractivity contribution in [2.75, 3.05) is 6.61 Å². The van der Waals surface area contributed by atoms with Gasteiger partial charge in [0, 0.05) is 5.38 Å². The monoisotopic (exact) mass is 300 g/mol. The molecular weight excluding hydrogens is 280 g/mol. The van der Waals surface area contributed by atoms with Gasteiger partial charge in [-0.05, 0) is 25.7 Å². The number of ether oxygens (including phenoxy) is 1. The Labute approximate surface area is 124 Å². The van der Waals surface area contributed by atoms with Crippen LogP contribution < -0.4 is 5.32 Å². The third-order valence-electron chi connectivity index (χ3n) is 4.00. The van der Waals surface area contributed by atoms with E-state index >= 15 is 0 Å². The number of nitrogens with one attached hydrogen (secondary N) is 1. The van der Waals surface area contributed by atoms with E-state index in [4.69, 9.17) is 16.3 Å². The van der Waals surface area contributed by atoms with Crippen molar-refractivity contribution in [3.8, 4) is 0 Å². The van der Waals surface area contributed by atoms with E-state index in [9.17, 15) is 9.90 Å². The summed E-state index contributed by atoms with van der Waals surface area (Å²) in [7, 11) is 0. The van der Waals surface area contributed by atoms with Gasteiger partial charge < -0.3 is 15.2 Å². The zero-order valence-electron chi connectivity index (χ0n) is 11.6. The number of hydrogen-bond donors (Lipinski definition) is 2. The molecule has 112 valence electrons. The second kappa shape index (κ2) is 6.48. The third kappa shape index (κ3) is 3.08. The summed E-state index contributed by atoms with van der Waals surface area (Å²) in [4.78, 5) is 16.0. The van der Waals surface area contributed by atoms with Gasteiger partial charge in [-0.3, -0.25) is 4.79 Å². The molecule has 0 aromatic heterocycles. The molecule has 2 N–H and O–H groups in total. The van der Waals surface area contributed by atoms with Crippen molar-refractivity contribution in [1.82, 2.24) is 5.32 Å². The van der Waals surface area contributed by atoms with E-state index in [0.29, 0.717) is 12.3 Å². The van der Waals surface area contributed by atoms with Gasteiger partial charge in [0.05, 0.1) is 18.3 Å². The van der Waals surface area contributed by atoms with Crippen molar-refractivity contribution in [2.24, 2.45) is 16.8 Å². The number of aliphatic imine (C=N–C) groups is 1. The number of carbonyl (C=O) groups is 1. The van der Waals surface area contributed by atoms with E-state index in [1.54, 1.807) is 6.92 Å². The average molecular weight is 301 g/mol. The lowest BCUT2D eigenvalue weighted by molar-refractivity contribution is -0.148. The molecule has 0 saturated heterocycles. The van der Waals surface area contributed by atoms with Gasteiger partial charge in [0.25, 0.3) is 6.02 Å². The molecule has 0 amide bonds. The smallest absolute Gasteiger partial charge is 0.317 e. The van der Waals surface area contributed by atoms with Crippen LogP contribution in [-0.2, 0) is 9.53 Å². The van der Waals surface area contributed by atoms with Crippen LogP contribution in [0.1, 0.15) is 32.6 Å². The number of esters is 1. The molecule has 0 aromatic rings. The Bertz CT molecular complexity index is 425. The maximum absolute atomic E-state index is 12.2. The summed E-state index contributed by atoms with van der Waals surface area (Å²) in [5.74, 6) is -0.856. The third-order valence-corrected chi connectivity index (χ3v) is 4.54. The Morgan fingerprint density at radius 3 is 2.90 bits per heavy atom. The molecule has 1 fully saturated rings. The van der Waals surface area contributed by atoms with Crippen molar-refractivity contribution in [1.29, 1.82) is 0 Å². The molecule has 2 unspecified atom stereocenters. The highest BCUT2D eigenvalue weighted by Gasteiger charge is 2.43. The van der Waals surface area contributed by atoms with Crippen LogP contribution in [0.3, 0.4) is 0 Å². The minimum absolute atomic E-state index is 0.0168. The van der Waals surface area contributed by atoms with Crippen molar-refractivity contribution in [3.05, 3.63) is 12.3 Å². The second-order valence-electron chi connectivity index (χ2n) is 5.29. The fraction of sp³-hybridized carbons (Fsp3) is 0.714. The molecule has 2 aliphatic rings. The Balaban J connectivity index is 2.24. The SMILES string of the molecule is C=C1N=C(O)N[C@H](C2CCCCC2Cl)[C@@H]1C(=O)OCC. The summed E-state index contributed by atoms with van der Waals surface area (Å²) in [5.41, 5.74) is 0.333. The van der Waals surface area contributed by atoms with Crippen LogP contribution in [0.2, 0.25) is 0 Å². The lowest BCUT2D eigenvalue weighted by Gasteiger charge is -2.39. The van der Waals surface area contributed by atoms with Gasteiger partial charge in [0.2, 0.25) is 0 Å². The second-order valence-corrected chi connectivity index (χ2v) is 5.85. The van der Waals surface area contributed by atoms with Crippen LogP contribution in [0.15, 0.2) is 17.3 Å². The van der Waals surface area contributed by atoms with Crippen molar-refractivity contribution >= 4 is 23.6 Å². The van der Waals surface area contributed by atoms with E-state index in [-0.39, 0.29) is 29.3 Å². The molecular formula is C14H21ClN2O3. The maximum atomic E-state index is 12.2. The lowest BCUT2D eigenvalue weighted by Crippen LogP contribution is -2.54. The average Bonchev–Trinajstić information content (AvgIpc) is 2.38. The number of amidine groups is 1. The Hall–Kier alpha value is -1.23. The molecule has 0 bridgehead atoms. The summed E-state index contributed by atoms with van der Waals surface area (Å²) in [6, 6.07) is -0.503. The quantitative estimate of drug-likeness (QED) is 0.620. The van der Waals surface area contributed by atoms with E-state index in [1.165, 1.54) is 0 Å². The number of nitrogens with zero attached hydrogens (tertiary/aromatic N) is 1. The zero-order valence-corrected chi connectivity index (χ0v) is 12.4. The van der Waals surface area contributed by atoms with Crippen molar-refractivity contribution in [3.63, 3.8) is 0 Å². The summed E-state index contributed by atoms with van der Waals surface area (Å²) in [6.07, 6.45) is 4.01. The Kier molecular flexibility index (Phi) is 4.91. The summed E-state index contributed by atoms with van der Waals surface area (Å²) in [6.45, 7) is 5.86. The predicted octanol–water partition coefficient (Wildman–Crippen LogP) is 2.36. The first kappa shape index (κ1) is 15.2. The Morgan fingerprint density at radius 2 is 2.25 bits per heavy atom. The topological polar surface area (TPSA) is 70.9 Å². The number of carbonyl (C=O) groups excluding carboxylic acids is 1. The zero-order chi connectivity index (χ0) is 14.7. The normalized spacial score (nSPS) is 34.1. The molecule has 4 atom stereocenters. The van der Waals surface area contributed by atoms with E-state index in [1.807, 2.05) is 0 Å². The largest absolute Gasteiger partial charge is 0.481 e. The van der Waals surface area contributed by atoms with Crippen molar-refractivity contribution < 1.29 is 14.6 Å². The first-order chi connectivity index (χ1) is 9.54. The fourth-order valence-corrected chi connectivity index (χ4v) is 3.50. The number of hydrogen-bond acceptors (Lipinski definition) is 4. The van der Waals surface area contributed by atoms with Crippen LogP contribution in [0.25, 0.3) is 0 Å². The van der Waals surface area contributed by atoms with Gasteiger partial charge >= 0.3 is 5.97 Å². The first-order valence-electron chi connectivity index (χ1n) is 7.08. The molecule has 1 heterocycles. The number of aliphatic hydroxyl groups excluding tert-OH is 1. The van der Waals surface area contributed by atoms with Crippen LogP contribution >= 0.6 is 11.6 Å². The maximum Gasteiger partial charge on any atom is 0.317 e.